The normalized spacial score (nSPS) is 15.4. The molecule has 0 bridgehead atoms. The highest BCUT2D eigenvalue weighted by Gasteiger charge is 2.29. The number of imidazole rings is 1. The van der Waals surface area contributed by atoms with Crippen molar-refractivity contribution in [3.8, 4) is 11.8 Å². The van der Waals surface area contributed by atoms with Gasteiger partial charge in [-0.05, 0) is 52.7 Å². The van der Waals surface area contributed by atoms with Gasteiger partial charge in [0.1, 0.15) is 5.60 Å². The molecule has 0 saturated carbocycles. The largest absolute Gasteiger partial charge is 0.444 e. The molecule has 0 aliphatic carbocycles. The Morgan fingerprint density at radius 2 is 1.93 bits per heavy atom. The van der Waals surface area contributed by atoms with Crippen LogP contribution >= 0.6 is 0 Å². The Morgan fingerprint density at radius 3 is 2.60 bits per heavy atom. The van der Waals surface area contributed by atoms with Crippen LogP contribution in [-0.2, 0) is 24.9 Å². The molecule has 3 aromatic rings. The van der Waals surface area contributed by atoms with Gasteiger partial charge >= 0.3 is 11.8 Å². The van der Waals surface area contributed by atoms with Gasteiger partial charge in [-0.15, -0.1) is 5.92 Å². The predicted octanol–water partition coefficient (Wildman–Crippen LogP) is 1.88. The third-order valence-corrected chi connectivity index (χ3v) is 6.61. The number of rotatable bonds is 6. The second-order valence-corrected chi connectivity index (χ2v) is 10.8. The average Bonchev–Trinajstić information content (AvgIpc) is 3.27. The molecule has 0 radical (unpaired) electrons. The van der Waals surface area contributed by atoms with Crippen molar-refractivity contribution < 1.29 is 14.3 Å². The molecule has 0 spiro atoms. The lowest BCUT2D eigenvalue weighted by Crippen LogP contribution is -2.49. The lowest BCUT2D eigenvalue weighted by molar-refractivity contribution is 0.0499. The van der Waals surface area contributed by atoms with Crippen molar-refractivity contribution in [1.82, 2.24) is 24.0 Å². The van der Waals surface area contributed by atoms with E-state index in [2.05, 4.69) is 17.2 Å². The number of carbonyl (C=O) groups is 2. The highest BCUT2D eigenvalue weighted by Crippen LogP contribution is 2.24. The molecule has 212 valence electrons. The number of amides is 1. The van der Waals surface area contributed by atoms with Crippen LogP contribution in [0.25, 0.3) is 11.2 Å². The van der Waals surface area contributed by atoms with Crippen molar-refractivity contribution in [2.24, 2.45) is 7.05 Å². The van der Waals surface area contributed by atoms with Crippen molar-refractivity contribution in [1.29, 1.82) is 0 Å². The number of Topliss-reactive ketones (excluding diaryl/α,β-unsaturated/α-hetero) is 1. The van der Waals surface area contributed by atoms with E-state index in [9.17, 15) is 19.2 Å². The Kier molecular flexibility index (Phi) is 8.04. The summed E-state index contributed by atoms with van der Waals surface area (Å²) in [4.78, 5) is 59.1. The molecule has 0 unspecified atom stereocenters. The molecular weight excluding hydrogens is 514 g/mol. The number of alkyl carbamates (subject to hydrolysis) is 1. The number of benzene rings is 1. The Morgan fingerprint density at radius 1 is 1.20 bits per heavy atom. The molecule has 1 fully saturated rings. The summed E-state index contributed by atoms with van der Waals surface area (Å²) >= 11 is 0. The molecule has 1 aliphatic heterocycles. The van der Waals surface area contributed by atoms with E-state index >= 15 is 0 Å². The van der Waals surface area contributed by atoms with Crippen LogP contribution in [-0.4, -0.2) is 55.3 Å². The summed E-state index contributed by atoms with van der Waals surface area (Å²) in [7, 11) is 1.51. The molecule has 2 aromatic heterocycles. The number of fused-ring (bicyclic) bond motifs is 1. The molecule has 12 heteroatoms. The number of para-hydroxylation sites is 1. The van der Waals surface area contributed by atoms with Crippen LogP contribution in [0.2, 0.25) is 0 Å². The zero-order chi connectivity index (χ0) is 29.2. The second-order valence-electron chi connectivity index (χ2n) is 10.8. The van der Waals surface area contributed by atoms with E-state index in [0.717, 1.165) is 17.4 Å². The third kappa shape index (κ3) is 5.88. The van der Waals surface area contributed by atoms with Gasteiger partial charge in [-0.1, -0.05) is 18.1 Å². The van der Waals surface area contributed by atoms with E-state index in [1.165, 1.54) is 11.6 Å². The fourth-order valence-corrected chi connectivity index (χ4v) is 4.78. The van der Waals surface area contributed by atoms with Gasteiger partial charge in [-0.25, -0.2) is 9.59 Å². The van der Waals surface area contributed by atoms with Gasteiger partial charge in [0.05, 0.1) is 13.1 Å². The Balaban J connectivity index is 1.75. The molecule has 1 aromatic carbocycles. The number of ketones is 1. The number of carbonyl (C=O) groups excluding carboxylic acids is 2. The summed E-state index contributed by atoms with van der Waals surface area (Å²) in [6, 6.07) is 6.31. The van der Waals surface area contributed by atoms with Gasteiger partial charge in [-0.2, -0.15) is 4.98 Å². The number of nitrogens with one attached hydrogen (secondary N) is 1. The molecule has 1 saturated heterocycles. The highest BCUT2D eigenvalue weighted by molar-refractivity contribution is 6.00. The van der Waals surface area contributed by atoms with Crippen LogP contribution in [0.3, 0.4) is 0 Å². The molecule has 3 heterocycles. The minimum Gasteiger partial charge on any atom is -0.444 e. The van der Waals surface area contributed by atoms with E-state index in [1.807, 2.05) is 4.90 Å². The van der Waals surface area contributed by atoms with Gasteiger partial charge in [0.2, 0.25) is 5.95 Å². The van der Waals surface area contributed by atoms with Crippen LogP contribution in [0.1, 0.15) is 50.9 Å². The first-order chi connectivity index (χ1) is 18.9. The SMILES string of the molecule is CC#CCn1c(N2CCC[C@H](NC(=O)OC(C)(C)C)C2)nc2c1c(=O)n(CC(=O)c1ccccc1N)c(=O)n2C. The number of anilines is 2. The van der Waals surface area contributed by atoms with E-state index in [4.69, 9.17) is 15.5 Å². The Labute approximate surface area is 231 Å². The summed E-state index contributed by atoms with van der Waals surface area (Å²) in [5.41, 5.74) is 4.87. The van der Waals surface area contributed by atoms with E-state index < -0.39 is 35.3 Å². The van der Waals surface area contributed by atoms with Gasteiger partial charge in [0.25, 0.3) is 5.56 Å². The number of hydrogen-bond acceptors (Lipinski definition) is 8. The maximum absolute atomic E-state index is 13.7. The summed E-state index contributed by atoms with van der Waals surface area (Å²) < 4.78 is 9.24. The van der Waals surface area contributed by atoms with Crippen LogP contribution in [0.15, 0.2) is 33.9 Å². The fraction of sp³-hybridized carbons (Fsp3) is 0.464. The maximum Gasteiger partial charge on any atom is 0.407 e. The summed E-state index contributed by atoms with van der Waals surface area (Å²) in [5.74, 6) is 5.83. The minimum atomic E-state index is -0.666. The lowest BCUT2D eigenvalue weighted by atomic mass is 10.1. The number of aromatic nitrogens is 4. The van der Waals surface area contributed by atoms with E-state index in [1.54, 1.807) is 56.5 Å². The molecular formula is C28H35N7O5. The first-order valence-electron chi connectivity index (χ1n) is 13.1. The van der Waals surface area contributed by atoms with Crippen LogP contribution in [0, 0.1) is 11.8 Å². The molecule has 40 heavy (non-hydrogen) atoms. The molecule has 1 amide bonds. The predicted molar refractivity (Wildman–Crippen MR) is 152 cm³/mol. The third-order valence-electron chi connectivity index (χ3n) is 6.61. The number of nitrogens with two attached hydrogens (primary N) is 1. The van der Waals surface area contributed by atoms with Gasteiger partial charge in [0.15, 0.2) is 16.9 Å². The van der Waals surface area contributed by atoms with Crippen molar-refractivity contribution in [3.63, 3.8) is 0 Å². The molecule has 12 nitrogen and oxygen atoms in total. The smallest absolute Gasteiger partial charge is 0.407 e. The Bertz CT molecular complexity index is 1630. The number of nitrogens with zero attached hydrogens (tertiary/aromatic N) is 5. The van der Waals surface area contributed by atoms with Gasteiger partial charge < -0.3 is 20.7 Å². The van der Waals surface area contributed by atoms with Crippen molar-refractivity contribution in [3.05, 3.63) is 50.7 Å². The van der Waals surface area contributed by atoms with Crippen LogP contribution in [0.4, 0.5) is 16.4 Å². The Hall–Kier alpha value is -4.53. The second kappa shape index (κ2) is 11.3. The van der Waals surface area contributed by atoms with Crippen molar-refractivity contribution >= 4 is 34.7 Å². The molecule has 4 rings (SSSR count). The van der Waals surface area contributed by atoms with Crippen molar-refractivity contribution in [2.75, 3.05) is 23.7 Å². The van der Waals surface area contributed by atoms with E-state index in [-0.39, 0.29) is 35.0 Å². The maximum atomic E-state index is 13.7. The monoisotopic (exact) mass is 549 g/mol. The number of aryl methyl sites for hydroxylation is 1. The summed E-state index contributed by atoms with van der Waals surface area (Å²) in [6.07, 6.45) is 1.01. The molecule has 1 atom stereocenters. The fourth-order valence-electron chi connectivity index (χ4n) is 4.78. The topological polar surface area (TPSA) is 146 Å². The first-order valence-corrected chi connectivity index (χ1v) is 13.1. The number of nitrogen functional groups attached to an aromatic ring is 1. The summed E-state index contributed by atoms with van der Waals surface area (Å²) in [6.45, 7) is 7.83. The zero-order valence-corrected chi connectivity index (χ0v) is 23.5. The first kappa shape index (κ1) is 28.5. The van der Waals surface area contributed by atoms with Gasteiger partial charge in [-0.3, -0.25) is 23.3 Å². The van der Waals surface area contributed by atoms with Gasteiger partial charge in [0, 0.05) is 37.4 Å². The minimum absolute atomic E-state index is 0.149. The lowest BCUT2D eigenvalue weighted by Gasteiger charge is -2.34. The van der Waals surface area contributed by atoms with Crippen LogP contribution < -0.4 is 27.2 Å². The zero-order valence-electron chi connectivity index (χ0n) is 23.5. The van der Waals surface area contributed by atoms with E-state index in [0.29, 0.717) is 19.0 Å². The average molecular weight is 550 g/mol. The number of piperidine rings is 1. The number of hydrogen-bond donors (Lipinski definition) is 2. The summed E-state index contributed by atoms with van der Waals surface area (Å²) in [5, 5.41) is 2.92. The van der Waals surface area contributed by atoms with Crippen molar-refractivity contribution in [2.45, 2.75) is 65.3 Å². The quantitative estimate of drug-likeness (QED) is 0.269. The molecule has 3 N–H and O–H groups in total. The number of ether oxygens (including phenoxy) is 1. The highest BCUT2D eigenvalue weighted by atomic mass is 16.6. The van der Waals surface area contributed by atoms with Crippen LogP contribution in [0.5, 0.6) is 0 Å². The standard InChI is InChI=1S/C28H35N7O5/c1-6-7-15-34-22-23(31-25(34)33-14-10-11-18(16-33)30-26(38)40-28(2,3)4)32(5)27(39)35(24(22)37)17-21(36)19-12-8-9-13-20(19)29/h8-9,12-13,18H,10-11,14-17,29H2,1-5H3,(H,30,38)/t18-/m0/s1. The molecule has 1 aliphatic rings.